The Morgan fingerprint density at radius 2 is 1.71 bits per heavy atom. The van der Waals surface area contributed by atoms with E-state index in [-0.39, 0.29) is 6.61 Å². The van der Waals surface area contributed by atoms with Gasteiger partial charge in [-0.1, -0.05) is 30.3 Å². The smallest absolute Gasteiger partial charge is 0.0682 e. The Hall–Kier alpha value is -1.80. The van der Waals surface area contributed by atoms with E-state index in [4.69, 9.17) is 0 Å². The van der Waals surface area contributed by atoms with Crippen LogP contribution in [0, 0.1) is 0 Å². The minimum atomic E-state index is 0.0939. The van der Waals surface area contributed by atoms with Gasteiger partial charge in [0.1, 0.15) is 0 Å². The zero-order chi connectivity index (χ0) is 11.7. The van der Waals surface area contributed by atoms with Crippen molar-refractivity contribution in [2.24, 2.45) is 0 Å². The number of para-hydroxylation sites is 1. The van der Waals surface area contributed by atoms with E-state index in [1.807, 2.05) is 18.2 Å². The summed E-state index contributed by atoms with van der Waals surface area (Å²) in [6, 6.07) is 14.5. The lowest BCUT2D eigenvalue weighted by molar-refractivity contribution is 0.282. The number of rotatable bonds is 1. The van der Waals surface area contributed by atoms with E-state index < -0.39 is 0 Å². The van der Waals surface area contributed by atoms with Crippen LogP contribution in [0.25, 0.3) is 0 Å². The first kappa shape index (κ1) is 10.4. The molecule has 0 saturated carbocycles. The van der Waals surface area contributed by atoms with Crippen molar-refractivity contribution in [2.75, 3.05) is 5.32 Å². The predicted octanol–water partition coefficient (Wildman–Crippen LogP) is 3.02. The van der Waals surface area contributed by atoms with Gasteiger partial charge in [0.05, 0.1) is 6.61 Å². The molecule has 0 saturated heterocycles. The van der Waals surface area contributed by atoms with Crippen LogP contribution in [0.1, 0.15) is 16.7 Å². The molecule has 1 aliphatic heterocycles. The van der Waals surface area contributed by atoms with Crippen molar-refractivity contribution in [3.63, 3.8) is 0 Å². The van der Waals surface area contributed by atoms with Gasteiger partial charge in [-0.15, -0.1) is 0 Å². The molecule has 2 aromatic rings. The molecular formula is C15H15NO. The van der Waals surface area contributed by atoms with Crippen LogP contribution >= 0.6 is 0 Å². The molecule has 2 nitrogen and oxygen atoms in total. The van der Waals surface area contributed by atoms with Gasteiger partial charge < -0.3 is 10.4 Å². The van der Waals surface area contributed by atoms with Crippen LogP contribution < -0.4 is 5.32 Å². The van der Waals surface area contributed by atoms with E-state index in [1.165, 1.54) is 16.8 Å². The molecule has 86 valence electrons. The van der Waals surface area contributed by atoms with Gasteiger partial charge in [-0.3, -0.25) is 0 Å². The molecule has 0 unspecified atom stereocenters. The van der Waals surface area contributed by atoms with Crippen LogP contribution in [0.5, 0.6) is 0 Å². The molecule has 0 fully saturated rings. The Balaban J connectivity index is 2.05. The summed E-state index contributed by atoms with van der Waals surface area (Å²) in [6.45, 7) is 0.0939. The number of fused-ring (bicyclic) bond motifs is 2. The van der Waals surface area contributed by atoms with E-state index in [9.17, 15) is 5.11 Å². The van der Waals surface area contributed by atoms with Crippen LogP contribution in [0.2, 0.25) is 0 Å². The van der Waals surface area contributed by atoms with Gasteiger partial charge in [-0.05, 0) is 41.7 Å². The maximum atomic E-state index is 9.18. The number of hydrogen-bond acceptors (Lipinski definition) is 2. The highest BCUT2D eigenvalue weighted by Crippen LogP contribution is 2.30. The molecule has 1 heterocycles. The third-order valence-corrected chi connectivity index (χ3v) is 3.31. The lowest BCUT2D eigenvalue weighted by Gasteiger charge is -2.10. The molecular weight excluding hydrogens is 210 g/mol. The monoisotopic (exact) mass is 225 g/mol. The molecule has 0 bridgehead atoms. The third kappa shape index (κ3) is 1.92. The minimum Gasteiger partial charge on any atom is -0.392 e. The average Bonchev–Trinajstić information content (AvgIpc) is 2.56. The van der Waals surface area contributed by atoms with Crippen LogP contribution in [0.15, 0.2) is 42.5 Å². The van der Waals surface area contributed by atoms with Gasteiger partial charge in [-0.25, -0.2) is 0 Å². The van der Waals surface area contributed by atoms with Crippen molar-refractivity contribution in [3.8, 4) is 0 Å². The molecule has 0 spiro atoms. The fraction of sp³-hybridized carbons (Fsp3) is 0.200. The SMILES string of the molecule is OCc1ccc2c(c1)Nc1ccccc1CC2. The quantitative estimate of drug-likeness (QED) is 0.782. The molecule has 0 amide bonds. The highest BCUT2D eigenvalue weighted by molar-refractivity contribution is 5.68. The zero-order valence-corrected chi connectivity index (χ0v) is 9.61. The second-order valence-electron chi connectivity index (χ2n) is 4.43. The van der Waals surface area contributed by atoms with Crippen molar-refractivity contribution >= 4 is 11.4 Å². The van der Waals surface area contributed by atoms with Gasteiger partial charge >= 0.3 is 0 Å². The largest absolute Gasteiger partial charge is 0.392 e. The summed E-state index contributed by atoms with van der Waals surface area (Å²) >= 11 is 0. The maximum absolute atomic E-state index is 9.18. The molecule has 2 N–H and O–H groups in total. The van der Waals surface area contributed by atoms with E-state index in [1.54, 1.807) is 0 Å². The molecule has 0 aliphatic carbocycles. The lowest BCUT2D eigenvalue weighted by Crippen LogP contribution is -1.95. The van der Waals surface area contributed by atoms with Gasteiger partial charge in [0.2, 0.25) is 0 Å². The van der Waals surface area contributed by atoms with E-state index in [0.29, 0.717) is 0 Å². The molecule has 0 atom stereocenters. The topological polar surface area (TPSA) is 32.3 Å². The molecule has 1 aliphatic rings. The second kappa shape index (κ2) is 4.22. The van der Waals surface area contributed by atoms with Crippen molar-refractivity contribution in [1.82, 2.24) is 0 Å². The Labute approximate surface area is 101 Å². The predicted molar refractivity (Wildman–Crippen MR) is 69.5 cm³/mol. The zero-order valence-electron chi connectivity index (χ0n) is 9.61. The standard InChI is InChI=1S/C15H15NO/c17-10-11-5-6-13-8-7-12-3-1-2-4-14(12)16-15(13)9-11/h1-6,9,16-17H,7-8,10H2. The number of anilines is 2. The third-order valence-electron chi connectivity index (χ3n) is 3.31. The van der Waals surface area contributed by atoms with E-state index in [0.717, 1.165) is 24.1 Å². The van der Waals surface area contributed by atoms with Crippen molar-refractivity contribution in [2.45, 2.75) is 19.4 Å². The highest BCUT2D eigenvalue weighted by atomic mass is 16.3. The number of aliphatic hydroxyl groups is 1. The molecule has 0 aromatic heterocycles. The lowest BCUT2D eigenvalue weighted by atomic mass is 10.0. The Morgan fingerprint density at radius 3 is 2.53 bits per heavy atom. The number of aryl methyl sites for hydroxylation is 2. The van der Waals surface area contributed by atoms with Gasteiger partial charge in [0.25, 0.3) is 0 Å². The molecule has 2 aromatic carbocycles. The summed E-state index contributed by atoms with van der Waals surface area (Å²) in [6.07, 6.45) is 2.11. The summed E-state index contributed by atoms with van der Waals surface area (Å²) in [7, 11) is 0. The number of aliphatic hydroxyl groups excluding tert-OH is 1. The van der Waals surface area contributed by atoms with Gasteiger partial charge in [0.15, 0.2) is 0 Å². The maximum Gasteiger partial charge on any atom is 0.0682 e. The van der Waals surface area contributed by atoms with Crippen LogP contribution in [-0.4, -0.2) is 5.11 Å². The molecule has 2 heteroatoms. The highest BCUT2D eigenvalue weighted by Gasteiger charge is 2.12. The number of nitrogens with one attached hydrogen (secondary N) is 1. The molecule has 17 heavy (non-hydrogen) atoms. The van der Waals surface area contributed by atoms with Crippen LogP contribution in [0.3, 0.4) is 0 Å². The van der Waals surface area contributed by atoms with Crippen LogP contribution in [0.4, 0.5) is 11.4 Å². The van der Waals surface area contributed by atoms with Crippen molar-refractivity contribution in [1.29, 1.82) is 0 Å². The summed E-state index contributed by atoms with van der Waals surface area (Å²) in [5, 5.41) is 12.6. The molecule has 0 radical (unpaired) electrons. The fourth-order valence-corrected chi connectivity index (χ4v) is 2.33. The second-order valence-corrected chi connectivity index (χ2v) is 4.43. The Morgan fingerprint density at radius 1 is 0.941 bits per heavy atom. The average molecular weight is 225 g/mol. The summed E-state index contributed by atoms with van der Waals surface area (Å²) in [5.74, 6) is 0. The Kier molecular flexibility index (Phi) is 2.57. The van der Waals surface area contributed by atoms with E-state index >= 15 is 0 Å². The first-order valence-electron chi connectivity index (χ1n) is 5.94. The summed E-state index contributed by atoms with van der Waals surface area (Å²) in [5.41, 5.74) is 5.94. The van der Waals surface area contributed by atoms with Crippen LogP contribution in [-0.2, 0) is 19.4 Å². The van der Waals surface area contributed by atoms with Gasteiger partial charge in [0, 0.05) is 11.4 Å². The van der Waals surface area contributed by atoms with Crippen molar-refractivity contribution in [3.05, 3.63) is 59.2 Å². The first-order chi connectivity index (χ1) is 8.36. The number of hydrogen-bond donors (Lipinski definition) is 2. The summed E-state index contributed by atoms with van der Waals surface area (Å²) < 4.78 is 0. The fourth-order valence-electron chi connectivity index (χ4n) is 2.33. The number of benzene rings is 2. The Bertz CT molecular complexity index is 548. The minimum absolute atomic E-state index is 0.0939. The normalized spacial score (nSPS) is 13.2. The van der Waals surface area contributed by atoms with Crippen molar-refractivity contribution < 1.29 is 5.11 Å². The first-order valence-corrected chi connectivity index (χ1v) is 5.94. The van der Waals surface area contributed by atoms with Gasteiger partial charge in [-0.2, -0.15) is 0 Å². The van der Waals surface area contributed by atoms with E-state index in [2.05, 4.69) is 29.6 Å². The summed E-state index contributed by atoms with van der Waals surface area (Å²) in [4.78, 5) is 0. The molecule has 3 rings (SSSR count).